The van der Waals surface area contributed by atoms with E-state index in [0.29, 0.717) is 5.75 Å². The summed E-state index contributed by atoms with van der Waals surface area (Å²) in [5, 5.41) is 18.0. The number of rotatable bonds is 6. The van der Waals surface area contributed by atoms with Crippen molar-refractivity contribution in [3.8, 4) is 5.75 Å². The molecule has 5 nitrogen and oxygen atoms in total. The lowest BCUT2D eigenvalue weighted by Crippen LogP contribution is -2.22. The Morgan fingerprint density at radius 1 is 1.31 bits per heavy atom. The van der Waals surface area contributed by atoms with Crippen LogP contribution in [0.2, 0.25) is 0 Å². The highest BCUT2D eigenvalue weighted by atomic mass is 16.5. The second-order valence-electron chi connectivity index (χ2n) is 3.25. The molecule has 88 valence electrons. The van der Waals surface area contributed by atoms with Gasteiger partial charge < -0.3 is 19.7 Å². The fourth-order valence-electron chi connectivity index (χ4n) is 1.13. The Balaban J connectivity index is 2.46. The molecule has 0 spiro atoms. The zero-order chi connectivity index (χ0) is 12.0. The third kappa shape index (κ3) is 3.88. The quantitative estimate of drug-likeness (QED) is 0.749. The van der Waals surface area contributed by atoms with Gasteiger partial charge in [0.15, 0.2) is 0 Å². The molecule has 0 amide bonds. The van der Waals surface area contributed by atoms with Crippen LogP contribution in [0, 0.1) is 0 Å². The van der Waals surface area contributed by atoms with E-state index in [4.69, 9.17) is 14.6 Å². The van der Waals surface area contributed by atoms with Crippen LogP contribution < -0.4 is 4.74 Å². The molecule has 1 aromatic carbocycles. The fourth-order valence-corrected chi connectivity index (χ4v) is 1.13. The van der Waals surface area contributed by atoms with Crippen LogP contribution in [0.3, 0.4) is 0 Å². The Labute approximate surface area is 93.2 Å². The zero-order valence-electron chi connectivity index (χ0n) is 8.92. The molecule has 0 radical (unpaired) electrons. The molecule has 1 aromatic rings. The number of carboxylic acid groups (broad SMARTS) is 1. The summed E-state index contributed by atoms with van der Waals surface area (Å²) in [5.74, 6) is -0.467. The standard InChI is InChI=1S/C11H14O5/c1-15-6-9(12)7-16-10-4-2-8(3-5-10)11(13)14/h2-5,9,12H,6-7H2,1H3,(H,13,14). The molecule has 5 heteroatoms. The predicted octanol–water partition coefficient (Wildman–Crippen LogP) is 0.771. The summed E-state index contributed by atoms with van der Waals surface area (Å²) < 4.78 is 9.97. The number of aromatic carboxylic acids is 1. The number of carbonyl (C=O) groups is 1. The number of methoxy groups -OCH3 is 1. The maximum Gasteiger partial charge on any atom is 0.335 e. The van der Waals surface area contributed by atoms with Gasteiger partial charge in [-0.15, -0.1) is 0 Å². The van der Waals surface area contributed by atoms with Crippen molar-refractivity contribution in [2.24, 2.45) is 0 Å². The SMILES string of the molecule is COCC(O)COc1ccc(C(=O)O)cc1. The van der Waals surface area contributed by atoms with Gasteiger partial charge in [0.05, 0.1) is 12.2 Å². The van der Waals surface area contributed by atoms with Crippen LogP contribution in [-0.4, -0.2) is 42.6 Å². The second-order valence-corrected chi connectivity index (χ2v) is 3.25. The van der Waals surface area contributed by atoms with Crippen molar-refractivity contribution in [1.82, 2.24) is 0 Å². The number of hydrogen-bond acceptors (Lipinski definition) is 4. The van der Waals surface area contributed by atoms with E-state index >= 15 is 0 Å². The van der Waals surface area contributed by atoms with Gasteiger partial charge in [0.25, 0.3) is 0 Å². The van der Waals surface area contributed by atoms with Gasteiger partial charge >= 0.3 is 5.97 Å². The number of carboxylic acids is 1. The van der Waals surface area contributed by atoms with Crippen molar-refractivity contribution in [3.05, 3.63) is 29.8 Å². The molecule has 0 aromatic heterocycles. The maximum absolute atomic E-state index is 10.6. The highest BCUT2D eigenvalue weighted by Crippen LogP contribution is 2.12. The molecule has 0 bridgehead atoms. The molecule has 16 heavy (non-hydrogen) atoms. The Morgan fingerprint density at radius 2 is 1.94 bits per heavy atom. The van der Waals surface area contributed by atoms with Gasteiger partial charge in [0.1, 0.15) is 18.5 Å². The molecule has 0 heterocycles. The van der Waals surface area contributed by atoms with Crippen LogP contribution in [0.15, 0.2) is 24.3 Å². The minimum absolute atomic E-state index is 0.111. The Kier molecular flexibility index (Phi) is 4.75. The zero-order valence-corrected chi connectivity index (χ0v) is 8.92. The van der Waals surface area contributed by atoms with E-state index in [2.05, 4.69) is 0 Å². The van der Waals surface area contributed by atoms with Crippen LogP contribution in [-0.2, 0) is 4.74 Å². The van der Waals surface area contributed by atoms with Crippen LogP contribution in [0.4, 0.5) is 0 Å². The Morgan fingerprint density at radius 3 is 2.44 bits per heavy atom. The fraction of sp³-hybridized carbons (Fsp3) is 0.364. The molecule has 0 aliphatic rings. The van der Waals surface area contributed by atoms with E-state index in [9.17, 15) is 9.90 Å². The van der Waals surface area contributed by atoms with Gasteiger partial charge in [-0.2, -0.15) is 0 Å². The van der Waals surface area contributed by atoms with Crippen molar-refractivity contribution in [1.29, 1.82) is 0 Å². The van der Waals surface area contributed by atoms with Crippen molar-refractivity contribution >= 4 is 5.97 Å². The molecular formula is C11H14O5. The van der Waals surface area contributed by atoms with E-state index in [1.807, 2.05) is 0 Å². The monoisotopic (exact) mass is 226 g/mol. The van der Waals surface area contributed by atoms with E-state index in [1.54, 1.807) is 12.1 Å². The first-order valence-corrected chi connectivity index (χ1v) is 4.76. The molecule has 1 atom stereocenters. The van der Waals surface area contributed by atoms with Gasteiger partial charge in [-0.3, -0.25) is 0 Å². The lowest BCUT2D eigenvalue weighted by atomic mass is 10.2. The van der Waals surface area contributed by atoms with Crippen molar-refractivity contribution in [2.75, 3.05) is 20.3 Å². The van der Waals surface area contributed by atoms with Crippen LogP contribution >= 0.6 is 0 Å². The first kappa shape index (κ1) is 12.5. The smallest absolute Gasteiger partial charge is 0.335 e. The number of benzene rings is 1. The highest BCUT2D eigenvalue weighted by molar-refractivity contribution is 5.87. The minimum atomic E-state index is -0.981. The molecule has 1 unspecified atom stereocenters. The minimum Gasteiger partial charge on any atom is -0.491 e. The van der Waals surface area contributed by atoms with Crippen LogP contribution in [0.5, 0.6) is 5.75 Å². The number of hydrogen-bond donors (Lipinski definition) is 2. The van der Waals surface area contributed by atoms with Gasteiger partial charge in [-0.25, -0.2) is 4.79 Å². The number of aliphatic hydroxyl groups is 1. The third-order valence-corrected chi connectivity index (χ3v) is 1.90. The van der Waals surface area contributed by atoms with Gasteiger partial charge in [-0.05, 0) is 24.3 Å². The molecule has 0 fully saturated rings. The lowest BCUT2D eigenvalue weighted by Gasteiger charge is -2.11. The normalized spacial score (nSPS) is 12.1. The molecule has 0 aliphatic carbocycles. The predicted molar refractivity (Wildman–Crippen MR) is 56.8 cm³/mol. The molecule has 0 saturated heterocycles. The summed E-state index contributed by atoms with van der Waals surface area (Å²) in [6.07, 6.45) is -0.691. The second kappa shape index (κ2) is 6.09. The first-order chi connectivity index (χ1) is 7.63. The van der Waals surface area contributed by atoms with Crippen molar-refractivity contribution in [3.63, 3.8) is 0 Å². The number of ether oxygens (including phenoxy) is 2. The van der Waals surface area contributed by atoms with Gasteiger partial charge in [0, 0.05) is 7.11 Å². The summed E-state index contributed by atoms with van der Waals surface area (Å²) in [7, 11) is 1.49. The largest absolute Gasteiger partial charge is 0.491 e. The van der Waals surface area contributed by atoms with E-state index in [0.717, 1.165) is 0 Å². The Hall–Kier alpha value is -1.59. The van der Waals surface area contributed by atoms with E-state index < -0.39 is 12.1 Å². The topological polar surface area (TPSA) is 76.0 Å². The molecule has 0 saturated carbocycles. The van der Waals surface area contributed by atoms with Gasteiger partial charge in [-0.1, -0.05) is 0 Å². The molecule has 0 aliphatic heterocycles. The average Bonchev–Trinajstić information content (AvgIpc) is 2.27. The Bertz CT molecular complexity index is 333. The summed E-state index contributed by atoms with van der Waals surface area (Å²) in [6, 6.07) is 5.98. The number of aliphatic hydroxyl groups excluding tert-OH is 1. The lowest BCUT2D eigenvalue weighted by molar-refractivity contribution is 0.0325. The summed E-state index contributed by atoms with van der Waals surface area (Å²) >= 11 is 0. The van der Waals surface area contributed by atoms with Gasteiger partial charge in [0.2, 0.25) is 0 Å². The third-order valence-electron chi connectivity index (χ3n) is 1.90. The summed E-state index contributed by atoms with van der Waals surface area (Å²) in [5.41, 5.74) is 0.199. The molecule has 1 rings (SSSR count). The maximum atomic E-state index is 10.6. The summed E-state index contributed by atoms with van der Waals surface area (Å²) in [4.78, 5) is 10.6. The van der Waals surface area contributed by atoms with Crippen molar-refractivity contribution < 1.29 is 24.5 Å². The first-order valence-electron chi connectivity index (χ1n) is 4.76. The van der Waals surface area contributed by atoms with E-state index in [-0.39, 0.29) is 18.8 Å². The summed E-state index contributed by atoms with van der Waals surface area (Å²) in [6.45, 7) is 0.313. The van der Waals surface area contributed by atoms with Crippen LogP contribution in [0.1, 0.15) is 10.4 Å². The van der Waals surface area contributed by atoms with Crippen molar-refractivity contribution in [2.45, 2.75) is 6.10 Å². The molecule has 2 N–H and O–H groups in total. The highest BCUT2D eigenvalue weighted by Gasteiger charge is 2.05. The van der Waals surface area contributed by atoms with Crippen LogP contribution in [0.25, 0.3) is 0 Å². The average molecular weight is 226 g/mol. The van der Waals surface area contributed by atoms with E-state index in [1.165, 1.54) is 19.2 Å². The molecular weight excluding hydrogens is 212 g/mol.